The van der Waals surface area contributed by atoms with Crippen LogP contribution in [0.1, 0.15) is 11.3 Å². The molecular formula is C14H13ClN4O3. The average Bonchev–Trinajstić information content (AvgIpc) is 2.47. The summed E-state index contributed by atoms with van der Waals surface area (Å²) in [7, 11) is 1.99. The van der Waals surface area contributed by atoms with Crippen LogP contribution in [0.3, 0.4) is 0 Å². The molecule has 2 heterocycles. The first-order valence-corrected chi connectivity index (χ1v) is 7.05. The van der Waals surface area contributed by atoms with Crippen molar-refractivity contribution in [3.63, 3.8) is 0 Å². The number of hydrogen-bond acceptors (Lipinski definition) is 6. The zero-order chi connectivity index (χ0) is 15.7. The Balaban J connectivity index is 2.01. The third-order valence-electron chi connectivity index (χ3n) is 3.48. The monoisotopic (exact) mass is 320 g/mol. The van der Waals surface area contributed by atoms with Crippen LogP contribution < -0.4 is 4.74 Å². The van der Waals surface area contributed by atoms with Gasteiger partial charge in [-0.1, -0.05) is 11.6 Å². The maximum Gasteiger partial charge on any atom is 0.311 e. The van der Waals surface area contributed by atoms with E-state index in [4.69, 9.17) is 16.3 Å². The van der Waals surface area contributed by atoms with Gasteiger partial charge >= 0.3 is 5.69 Å². The molecule has 3 rings (SSSR count). The van der Waals surface area contributed by atoms with E-state index < -0.39 is 4.92 Å². The van der Waals surface area contributed by atoms with Crippen molar-refractivity contribution in [3.8, 4) is 11.6 Å². The highest BCUT2D eigenvalue weighted by molar-refractivity contribution is 6.30. The summed E-state index contributed by atoms with van der Waals surface area (Å²) in [6.07, 6.45) is 2.21. The predicted molar refractivity (Wildman–Crippen MR) is 80.3 cm³/mol. The fourth-order valence-electron chi connectivity index (χ4n) is 2.36. The first-order chi connectivity index (χ1) is 10.5. The maximum absolute atomic E-state index is 11.1. The number of aromatic nitrogens is 2. The van der Waals surface area contributed by atoms with Gasteiger partial charge in [-0.15, -0.1) is 0 Å². The fraction of sp³-hybridized carbons (Fsp3) is 0.286. The molecule has 0 bridgehead atoms. The first-order valence-electron chi connectivity index (χ1n) is 6.67. The van der Waals surface area contributed by atoms with E-state index in [1.807, 2.05) is 7.05 Å². The van der Waals surface area contributed by atoms with Crippen LogP contribution in [0.2, 0.25) is 5.02 Å². The summed E-state index contributed by atoms with van der Waals surface area (Å²) in [5, 5.41) is 11.5. The standard InChI is InChI=1S/C14H13ClN4O3/c1-18-5-4-11-10(7-18)14(17-8-16-11)22-13-6-9(15)2-3-12(13)19(20)21/h2-3,6,8H,4-5,7H2,1H3. The van der Waals surface area contributed by atoms with Gasteiger partial charge in [0.25, 0.3) is 0 Å². The highest BCUT2D eigenvalue weighted by Gasteiger charge is 2.23. The van der Waals surface area contributed by atoms with Crippen LogP contribution in [-0.2, 0) is 13.0 Å². The first kappa shape index (κ1) is 14.7. The molecule has 1 aliphatic rings. The SMILES string of the molecule is CN1CCc2ncnc(Oc3cc(Cl)ccc3[N+](=O)[O-])c2C1. The van der Waals surface area contributed by atoms with Crippen molar-refractivity contribution >= 4 is 17.3 Å². The Morgan fingerprint density at radius 3 is 3.00 bits per heavy atom. The Hall–Kier alpha value is -2.25. The van der Waals surface area contributed by atoms with Crippen molar-refractivity contribution in [1.29, 1.82) is 0 Å². The molecule has 0 N–H and O–H groups in total. The van der Waals surface area contributed by atoms with Crippen molar-refractivity contribution < 1.29 is 9.66 Å². The molecule has 0 amide bonds. The van der Waals surface area contributed by atoms with Gasteiger partial charge in [0.05, 0.1) is 16.2 Å². The lowest BCUT2D eigenvalue weighted by Gasteiger charge is -2.24. The Kier molecular flexibility index (Phi) is 3.91. The molecule has 0 unspecified atom stereocenters. The number of hydrogen-bond donors (Lipinski definition) is 0. The number of benzene rings is 1. The molecule has 1 aromatic carbocycles. The van der Waals surface area contributed by atoms with Crippen LogP contribution in [0.5, 0.6) is 11.6 Å². The number of nitro benzene ring substituents is 1. The van der Waals surface area contributed by atoms with Crippen molar-refractivity contribution in [2.24, 2.45) is 0 Å². The predicted octanol–water partition coefficient (Wildman–Crippen LogP) is 2.82. The second-order valence-electron chi connectivity index (χ2n) is 5.06. The smallest absolute Gasteiger partial charge is 0.311 e. The lowest BCUT2D eigenvalue weighted by Crippen LogP contribution is -2.27. The molecule has 2 aromatic rings. The molecule has 0 radical (unpaired) electrons. The highest BCUT2D eigenvalue weighted by Crippen LogP contribution is 2.35. The molecule has 8 heteroatoms. The number of nitrogens with zero attached hydrogens (tertiary/aromatic N) is 4. The highest BCUT2D eigenvalue weighted by atomic mass is 35.5. The van der Waals surface area contributed by atoms with E-state index in [1.54, 1.807) is 0 Å². The molecule has 114 valence electrons. The van der Waals surface area contributed by atoms with Crippen molar-refractivity contribution in [3.05, 3.63) is 50.9 Å². The van der Waals surface area contributed by atoms with Crippen LogP contribution in [0.25, 0.3) is 0 Å². The molecule has 0 spiro atoms. The van der Waals surface area contributed by atoms with E-state index in [2.05, 4.69) is 14.9 Å². The van der Waals surface area contributed by atoms with E-state index in [9.17, 15) is 10.1 Å². The van der Waals surface area contributed by atoms with Crippen LogP contribution in [0.15, 0.2) is 24.5 Å². The Morgan fingerprint density at radius 2 is 2.23 bits per heavy atom. The van der Waals surface area contributed by atoms with Gasteiger partial charge in [-0.3, -0.25) is 10.1 Å². The Morgan fingerprint density at radius 1 is 1.41 bits per heavy atom. The van der Waals surface area contributed by atoms with Crippen LogP contribution in [-0.4, -0.2) is 33.4 Å². The van der Waals surface area contributed by atoms with E-state index in [0.717, 1.165) is 24.2 Å². The quantitative estimate of drug-likeness (QED) is 0.639. The van der Waals surface area contributed by atoms with Gasteiger partial charge in [-0.25, -0.2) is 9.97 Å². The van der Waals surface area contributed by atoms with Crippen LogP contribution in [0, 0.1) is 10.1 Å². The molecule has 0 aliphatic carbocycles. The Bertz CT molecular complexity index is 738. The number of rotatable bonds is 3. The summed E-state index contributed by atoms with van der Waals surface area (Å²) in [5.41, 5.74) is 1.61. The molecule has 0 saturated heterocycles. The Labute approximate surface area is 131 Å². The van der Waals surface area contributed by atoms with Crippen molar-refractivity contribution in [1.82, 2.24) is 14.9 Å². The van der Waals surface area contributed by atoms with Crippen molar-refractivity contribution in [2.75, 3.05) is 13.6 Å². The summed E-state index contributed by atoms with van der Waals surface area (Å²) < 4.78 is 5.69. The summed E-state index contributed by atoms with van der Waals surface area (Å²) in [4.78, 5) is 21.1. The molecule has 1 aromatic heterocycles. The van der Waals surface area contributed by atoms with Gasteiger partial charge < -0.3 is 9.64 Å². The summed E-state index contributed by atoms with van der Waals surface area (Å²) >= 11 is 5.91. The topological polar surface area (TPSA) is 81.4 Å². The van der Waals surface area contributed by atoms with Gasteiger partial charge in [0.1, 0.15) is 6.33 Å². The lowest BCUT2D eigenvalue weighted by molar-refractivity contribution is -0.385. The molecule has 0 saturated carbocycles. The molecule has 1 aliphatic heterocycles. The number of halogens is 1. The lowest BCUT2D eigenvalue weighted by atomic mass is 10.1. The second kappa shape index (κ2) is 5.86. The minimum atomic E-state index is -0.509. The second-order valence-corrected chi connectivity index (χ2v) is 5.50. The molecule has 0 atom stereocenters. The minimum Gasteiger partial charge on any atom is -0.431 e. The van der Waals surface area contributed by atoms with E-state index in [0.29, 0.717) is 17.4 Å². The molecular weight excluding hydrogens is 308 g/mol. The third-order valence-corrected chi connectivity index (χ3v) is 3.71. The zero-order valence-corrected chi connectivity index (χ0v) is 12.6. The summed E-state index contributed by atoms with van der Waals surface area (Å²) in [6, 6.07) is 4.19. The number of nitro groups is 1. The maximum atomic E-state index is 11.1. The molecule has 7 nitrogen and oxygen atoms in total. The van der Waals surface area contributed by atoms with E-state index in [1.165, 1.54) is 24.5 Å². The minimum absolute atomic E-state index is 0.0756. The van der Waals surface area contributed by atoms with Gasteiger partial charge in [-0.05, 0) is 13.1 Å². The fourth-order valence-corrected chi connectivity index (χ4v) is 2.53. The number of fused-ring (bicyclic) bond motifs is 1. The van der Waals surface area contributed by atoms with Crippen molar-refractivity contribution in [2.45, 2.75) is 13.0 Å². The van der Waals surface area contributed by atoms with Crippen LogP contribution >= 0.6 is 11.6 Å². The zero-order valence-electron chi connectivity index (χ0n) is 11.8. The average molecular weight is 321 g/mol. The van der Waals surface area contributed by atoms with Gasteiger partial charge in [-0.2, -0.15) is 0 Å². The number of likely N-dealkylation sites (N-methyl/N-ethyl adjacent to an activating group) is 1. The normalized spacial score (nSPS) is 14.5. The summed E-state index contributed by atoms with van der Waals surface area (Å²) in [6.45, 7) is 1.54. The van der Waals surface area contributed by atoms with Gasteiger partial charge in [0.15, 0.2) is 0 Å². The summed E-state index contributed by atoms with van der Waals surface area (Å²) in [5.74, 6) is 0.411. The van der Waals surface area contributed by atoms with E-state index in [-0.39, 0.29) is 11.4 Å². The van der Waals surface area contributed by atoms with Gasteiger partial charge in [0.2, 0.25) is 11.6 Å². The molecule has 22 heavy (non-hydrogen) atoms. The van der Waals surface area contributed by atoms with Crippen LogP contribution in [0.4, 0.5) is 5.69 Å². The third kappa shape index (κ3) is 2.86. The van der Waals surface area contributed by atoms with Gasteiger partial charge in [0, 0.05) is 36.7 Å². The molecule has 0 fully saturated rings. The largest absolute Gasteiger partial charge is 0.431 e. The van der Waals surface area contributed by atoms with E-state index >= 15 is 0 Å². The number of ether oxygens (including phenoxy) is 1.